The molecule has 3 rings (SSSR count). The fourth-order valence-corrected chi connectivity index (χ4v) is 5.92. The van der Waals surface area contributed by atoms with Gasteiger partial charge >= 0.3 is 0 Å². The van der Waals surface area contributed by atoms with E-state index in [1.54, 1.807) is 30.5 Å². The van der Waals surface area contributed by atoms with Crippen molar-refractivity contribution in [1.82, 2.24) is 8.87 Å². The molecule has 2 aromatic carbocycles. The van der Waals surface area contributed by atoms with Crippen LogP contribution in [-0.2, 0) is 10.0 Å². The summed E-state index contributed by atoms with van der Waals surface area (Å²) in [6.45, 7) is 2.01. The van der Waals surface area contributed by atoms with Gasteiger partial charge in [-0.3, -0.25) is 4.90 Å². The Labute approximate surface area is 165 Å². The maximum Gasteiger partial charge on any atom is 0.269 e. The largest absolute Gasteiger partial charge is 0.298 e. The highest BCUT2D eigenvalue weighted by Gasteiger charge is 2.24. The van der Waals surface area contributed by atoms with E-state index >= 15 is 0 Å². The van der Waals surface area contributed by atoms with Gasteiger partial charge in [0.25, 0.3) is 10.0 Å². The van der Waals surface area contributed by atoms with Gasteiger partial charge < -0.3 is 0 Å². The lowest BCUT2D eigenvalue weighted by molar-refractivity contribution is 0.402. The Morgan fingerprint density at radius 1 is 1.19 bits per heavy atom. The molecular weight excluding hydrogens is 439 g/mol. The molecule has 0 N–H and O–H groups in total. The molecule has 0 saturated heterocycles. The summed E-state index contributed by atoms with van der Waals surface area (Å²) in [5.74, 6) is -0.395. The first-order chi connectivity index (χ1) is 12.2. The van der Waals surface area contributed by atoms with E-state index in [2.05, 4.69) is 15.9 Å². The standard InChI is InChI=1S/C18H18BrFN2O2S2/c1-12(21(2)3)25-17-11-22(16-9-8-13(20)10-14(16)17)26(23,24)18-7-5-4-6-15(18)19/h4-12H,1-3H3. The van der Waals surface area contributed by atoms with Crippen LogP contribution in [0.1, 0.15) is 6.92 Å². The third kappa shape index (κ3) is 3.55. The molecule has 0 aliphatic carbocycles. The zero-order chi connectivity index (χ0) is 19.1. The molecule has 0 amide bonds. The molecule has 0 aliphatic heterocycles. The van der Waals surface area contributed by atoms with Crippen molar-refractivity contribution in [3.05, 3.63) is 59.0 Å². The van der Waals surface area contributed by atoms with Crippen LogP contribution >= 0.6 is 27.7 Å². The van der Waals surface area contributed by atoms with Crippen LogP contribution < -0.4 is 0 Å². The lowest BCUT2D eigenvalue weighted by Gasteiger charge is -2.18. The first kappa shape index (κ1) is 19.4. The maximum absolute atomic E-state index is 13.8. The van der Waals surface area contributed by atoms with Crippen LogP contribution in [-0.4, -0.2) is 36.8 Å². The first-order valence-corrected chi connectivity index (χ1v) is 11.0. The zero-order valence-electron chi connectivity index (χ0n) is 14.5. The Morgan fingerprint density at radius 2 is 1.88 bits per heavy atom. The molecule has 1 unspecified atom stereocenters. The second kappa shape index (κ2) is 7.34. The highest BCUT2D eigenvalue weighted by molar-refractivity contribution is 9.10. The van der Waals surface area contributed by atoms with Gasteiger partial charge in [-0.15, -0.1) is 11.8 Å². The molecule has 138 valence electrons. The van der Waals surface area contributed by atoms with E-state index in [4.69, 9.17) is 0 Å². The number of nitrogens with zero attached hydrogens (tertiary/aromatic N) is 2. The van der Waals surface area contributed by atoms with Crippen LogP contribution in [0.5, 0.6) is 0 Å². The van der Waals surface area contributed by atoms with Crippen LogP contribution in [0.3, 0.4) is 0 Å². The molecule has 0 bridgehead atoms. The van der Waals surface area contributed by atoms with Crippen molar-refractivity contribution < 1.29 is 12.8 Å². The molecule has 0 saturated carbocycles. The van der Waals surface area contributed by atoms with Crippen LogP contribution in [0.15, 0.2) is 62.9 Å². The van der Waals surface area contributed by atoms with Gasteiger partial charge in [0.05, 0.1) is 10.9 Å². The average Bonchev–Trinajstić information content (AvgIpc) is 2.93. The lowest BCUT2D eigenvalue weighted by Crippen LogP contribution is -2.20. The van der Waals surface area contributed by atoms with Crippen molar-refractivity contribution in [2.75, 3.05) is 14.1 Å². The van der Waals surface area contributed by atoms with Gasteiger partial charge in [0.2, 0.25) is 0 Å². The summed E-state index contributed by atoms with van der Waals surface area (Å²) in [6, 6.07) is 10.8. The topological polar surface area (TPSA) is 42.3 Å². The Hall–Kier alpha value is -1.35. The van der Waals surface area contributed by atoms with Crippen LogP contribution in [0, 0.1) is 5.82 Å². The van der Waals surface area contributed by atoms with E-state index in [1.807, 2.05) is 25.9 Å². The Morgan fingerprint density at radius 3 is 2.54 bits per heavy atom. The van der Waals surface area contributed by atoms with Crippen LogP contribution in [0.25, 0.3) is 10.9 Å². The lowest BCUT2D eigenvalue weighted by atomic mass is 10.2. The molecule has 3 aromatic rings. The normalized spacial score (nSPS) is 13.5. The number of hydrogen-bond acceptors (Lipinski definition) is 4. The Kier molecular flexibility index (Phi) is 5.48. The predicted octanol–water partition coefficient (Wildman–Crippen LogP) is 4.78. The minimum Gasteiger partial charge on any atom is -0.298 e. The number of thioether (sulfide) groups is 1. The third-order valence-electron chi connectivity index (χ3n) is 4.09. The summed E-state index contributed by atoms with van der Waals surface area (Å²) < 4.78 is 41.9. The molecule has 1 heterocycles. The van der Waals surface area contributed by atoms with E-state index in [-0.39, 0.29) is 10.3 Å². The minimum absolute atomic E-state index is 0.100. The van der Waals surface area contributed by atoms with Crippen molar-refractivity contribution >= 4 is 48.6 Å². The summed E-state index contributed by atoms with van der Waals surface area (Å²) in [5, 5.41) is 0.683. The maximum atomic E-state index is 13.8. The van der Waals surface area contributed by atoms with Crippen LogP contribution in [0.4, 0.5) is 4.39 Å². The number of rotatable bonds is 5. The number of fused-ring (bicyclic) bond motifs is 1. The molecule has 4 nitrogen and oxygen atoms in total. The number of halogens is 2. The molecular formula is C18H18BrFN2O2S2. The summed E-state index contributed by atoms with van der Waals surface area (Å²) in [4.78, 5) is 2.89. The molecule has 1 atom stereocenters. The van der Waals surface area contributed by atoms with Gasteiger partial charge in [0.1, 0.15) is 10.7 Å². The molecule has 1 aromatic heterocycles. The van der Waals surface area contributed by atoms with Crippen molar-refractivity contribution in [1.29, 1.82) is 0 Å². The van der Waals surface area contributed by atoms with Gasteiger partial charge in [-0.25, -0.2) is 16.8 Å². The number of benzene rings is 2. The van der Waals surface area contributed by atoms with Gasteiger partial charge in [-0.1, -0.05) is 12.1 Å². The van der Waals surface area contributed by atoms with E-state index in [9.17, 15) is 12.8 Å². The van der Waals surface area contributed by atoms with Gasteiger partial charge in [0.15, 0.2) is 0 Å². The van der Waals surface area contributed by atoms with Gasteiger partial charge in [0, 0.05) is 21.0 Å². The molecule has 0 aliphatic rings. The third-order valence-corrected chi connectivity index (χ3v) is 8.12. The number of hydrogen-bond donors (Lipinski definition) is 0. The van der Waals surface area contributed by atoms with Crippen LogP contribution in [0.2, 0.25) is 0 Å². The van der Waals surface area contributed by atoms with Crippen molar-refractivity contribution in [2.24, 2.45) is 0 Å². The van der Waals surface area contributed by atoms with Crippen molar-refractivity contribution in [2.45, 2.75) is 22.1 Å². The average molecular weight is 457 g/mol. The SMILES string of the molecule is CC(Sc1cn(S(=O)(=O)c2ccccc2Br)c2ccc(F)cc12)N(C)C. The van der Waals surface area contributed by atoms with Crippen molar-refractivity contribution in [3.8, 4) is 0 Å². The highest BCUT2D eigenvalue weighted by Crippen LogP contribution is 2.36. The second-order valence-corrected chi connectivity index (χ2v) is 10.1. The minimum atomic E-state index is -3.82. The molecule has 0 fully saturated rings. The quantitative estimate of drug-likeness (QED) is 0.409. The highest BCUT2D eigenvalue weighted by atomic mass is 79.9. The Balaban J connectivity index is 2.22. The fourth-order valence-electron chi connectivity index (χ4n) is 2.49. The van der Waals surface area contributed by atoms with Gasteiger partial charge in [-0.2, -0.15) is 0 Å². The van der Waals surface area contributed by atoms with E-state index in [1.165, 1.54) is 33.9 Å². The van der Waals surface area contributed by atoms with Gasteiger partial charge in [-0.05, 0) is 67.3 Å². The molecule has 0 radical (unpaired) electrons. The van der Waals surface area contributed by atoms with E-state index in [0.717, 1.165) is 4.90 Å². The summed E-state index contributed by atoms with van der Waals surface area (Å²) in [7, 11) is 0.0556. The summed E-state index contributed by atoms with van der Waals surface area (Å²) >= 11 is 4.80. The first-order valence-electron chi connectivity index (χ1n) is 7.85. The zero-order valence-corrected chi connectivity index (χ0v) is 17.7. The molecule has 0 spiro atoms. The Bertz CT molecular complexity index is 1060. The summed E-state index contributed by atoms with van der Waals surface area (Å²) in [6.07, 6.45) is 1.57. The van der Waals surface area contributed by atoms with E-state index < -0.39 is 15.8 Å². The molecule has 26 heavy (non-hydrogen) atoms. The molecule has 8 heteroatoms. The van der Waals surface area contributed by atoms with Crippen molar-refractivity contribution in [3.63, 3.8) is 0 Å². The smallest absolute Gasteiger partial charge is 0.269 e. The second-order valence-electron chi connectivity index (χ2n) is 6.07. The van der Waals surface area contributed by atoms with E-state index in [0.29, 0.717) is 15.4 Å². The number of aromatic nitrogens is 1. The summed E-state index contributed by atoms with van der Waals surface area (Å²) in [5.41, 5.74) is 0.454. The monoisotopic (exact) mass is 456 g/mol. The predicted molar refractivity (Wildman–Crippen MR) is 108 cm³/mol. The fraction of sp³-hybridized carbons (Fsp3) is 0.222.